The van der Waals surface area contributed by atoms with Gasteiger partial charge < -0.3 is 13.9 Å². The number of ether oxygens (including phenoxy) is 2. The largest absolute Gasteiger partial charge is 0.419 e. The van der Waals surface area contributed by atoms with E-state index in [1.54, 1.807) is 0 Å². The molecule has 0 aliphatic carbocycles. The van der Waals surface area contributed by atoms with Crippen LogP contribution in [0.15, 0.2) is 0 Å². The fourth-order valence-corrected chi connectivity index (χ4v) is 4.41. The van der Waals surface area contributed by atoms with Crippen molar-refractivity contribution in [1.29, 1.82) is 0 Å². The maximum absolute atomic E-state index is 5.95. The lowest BCUT2D eigenvalue weighted by molar-refractivity contribution is 0.0375. The highest BCUT2D eigenvalue weighted by Crippen LogP contribution is 2.17. The summed E-state index contributed by atoms with van der Waals surface area (Å²) < 4.78 is 17.6. The van der Waals surface area contributed by atoms with Crippen molar-refractivity contribution in [2.45, 2.75) is 76.7 Å². The van der Waals surface area contributed by atoms with Gasteiger partial charge in [-0.25, -0.2) is 0 Å². The summed E-state index contributed by atoms with van der Waals surface area (Å²) >= 11 is 0. The zero-order valence-corrected chi connectivity index (χ0v) is 16.2. The Labute approximate surface area is 138 Å². The Bertz CT molecular complexity index is 279. The first-order valence-electron chi connectivity index (χ1n) is 9.12. The highest BCUT2D eigenvalue weighted by Gasteiger charge is 2.23. The average Bonchev–Trinajstić information content (AvgIpc) is 3.10. The van der Waals surface area contributed by atoms with Crippen LogP contribution >= 0.6 is 0 Å². The van der Waals surface area contributed by atoms with Gasteiger partial charge in [-0.1, -0.05) is 0 Å². The highest BCUT2D eigenvalue weighted by atomic mass is 28.2. The van der Waals surface area contributed by atoms with E-state index in [2.05, 4.69) is 25.7 Å². The molecule has 0 amide bonds. The smallest absolute Gasteiger partial charge is 0.162 e. The van der Waals surface area contributed by atoms with Crippen LogP contribution in [0.2, 0.25) is 6.04 Å². The normalized spacial score (nSPS) is 26.7. The molecular weight excluding hydrogens is 294 g/mol. The van der Waals surface area contributed by atoms with Crippen molar-refractivity contribution in [1.82, 2.24) is 4.90 Å². The van der Waals surface area contributed by atoms with Crippen molar-refractivity contribution in [2.24, 2.45) is 0 Å². The minimum absolute atomic E-state index is 0.0429. The monoisotopic (exact) mass is 329 g/mol. The Morgan fingerprint density at radius 2 is 1.64 bits per heavy atom. The number of hydrogen-bond acceptors (Lipinski definition) is 4. The van der Waals surface area contributed by atoms with Gasteiger partial charge in [-0.2, -0.15) is 0 Å². The maximum atomic E-state index is 5.95. The van der Waals surface area contributed by atoms with Gasteiger partial charge in [0.05, 0.1) is 12.2 Å². The highest BCUT2D eigenvalue weighted by molar-refractivity contribution is 6.27. The van der Waals surface area contributed by atoms with Crippen LogP contribution in [0.1, 0.15) is 52.9 Å². The summed E-state index contributed by atoms with van der Waals surface area (Å²) in [6, 6.07) is 1.27. The van der Waals surface area contributed by atoms with E-state index < -0.39 is 0 Å². The Kier molecular flexibility index (Phi) is 7.84. The minimum atomic E-state index is -0.375. The zero-order valence-electron chi connectivity index (χ0n) is 14.8. The van der Waals surface area contributed by atoms with Crippen LogP contribution in [0, 0.1) is 0 Å². The molecule has 2 unspecified atom stereocenters. The molecule has 2 heterocycles. The summed E-state index contributed by atoms with van der Waals surface area (Å²) in [7, 11) is -0.375. The molecule has 0 aromatic rings. The topological polar surface area (TPSA) is 30.9 Å². The third-order valence-electron chi connectivity index (χ3n) is 4.38. The van der Waals surface area contributed by atoms with Crippen LogP contribution in [0.5, 0.6) is 0 Å². The summed E-state index contributed by atoms with van der Waals surface area (Å²) in [6.07, 6.45) is 7.06. The van der Waals surface area contributed by atoms with E-state index in [-0.39, 0.29) is 15.4 Å². The third kappa shape index (κ3) is 7.55. The second-order valence-corrected chi connectivity index (χ2v) is 9.10. The van der Waals surface area contributed by atoms with Crippen LogP contribution in [-0.4, -0.2) is 65.3 Å². The van der Waals surface area contributed by atoms with Crippen molar-refractivity contribution in [2.75, 3.05) is 32.8 Å². The molecule has 4 nitrogen and oxygen atoms in total. The molecule has 0 spiro atoms. The first-order chi connectivity index (χ1) is 10.5. The van der Waals surface area contributed by atoms with Crippen molar-refractivity contribution >= 4 is 9.76 Å². The standard InChI is InChI=1S/C17H35NO3Si/c1-17(2,3)21-22-12-6-9-18(13-15-7-4-10-19-15)14-16-8-5-11-20-16/h15-16H,4-14,22H2,1-3H3. The summed E-state index contributed by atoms with van der Waals surface area (Å²) in [6.45, 7) is 11.7. The first-order valence-corrected chi connectivity index (χ1v) is 10.7. The van der Waals surface area contributed by atoms with Crippen LogP contribution < -0.4 is 0 Å². The number of rotatable bonds is 9. The molecule has 0 bridgehead atoms. The second kappa shape index (κ2) is 9.38. The minimum Gasteiger partial charge on any atom is -0.419 e. The van der Waals surface area contributed by atoms with Gasteiger partial charge in [-0.05, 0) is 65.5 Å². The molecule has 2 fully saturated rings. The molecule has 2 atom stereocenters. The van der Waals surface area contributed by atoms with Gasteiger partial charge in [-0.3, -0.25) is 4.90 Å². The van der Waals surface area contributed by atoms with Crippen molar-refractivity contribution in [3.05, 3.63) is 0 Å². The summed E-state index contributed by atoms with van der Waals surface area (Å²) in [5.74, 6) is 0. The lowest BCUT2D eigenvalue weighted by Crippen LogP contribution is -2.38. The molecule has 0 radical (unpaired) electrons. The van der Waals surface area contributed by atoms with Gasteiger partial charge in [0.1, 0.15) is 0 Å². The summed E-state index contributed by atoms with van der Waals surface area (Å²) in [5.41, 5.74) is 0.0429. The van der Waals surface area contributed by atoms with Crippen molar-refractivity contribution in [3.63, 3.8) is 0 Å². The molecule has 22 heavy (non-hydrogen) atoms. The quantitative estimate of drug-likeness (QED) is 0.480. The fourth-order valence-electron chi connectivity index (χ4n) is 3.23. The van der Waals surface area contributed by atoms with Crippen LogP contribution in [0.25, 0.3) is 0 Å². The van der Waals surface area contributed by atoms with E-state index in [9.17, 15) is 0 Å². The van der Waals surface area contributed by atoms with E-state index in [4.69, 9.17) is 13.9 Å². The van der Waals surface area contributed by atoms with Gasteiger partial charge >= 0.3 is 0 Å². The number of nitrogens with zero attached hydrogens (tertiary/aromatic N) is 1. The van der Waals surface area contributed by atoms with Gasteiger partial charge in [0.2, 0.25) is 0 Å². The fraction of sp³-hybridized carbons (Fsp3) is 1.00. The predicted molar refractivity (Wildman–Crippen MR) is 93.2 cm³/mol. The molecule has 0 aromatic carbocycles. The van der Waals surface area contributed by atoms with E-state index >= 15 is 0 Å². The molecule has 130 valence electrons. The summed E-state index contributed by atoms with van der Waals surface area (Å²) in [5, 5.41) is 0. The van der Waals surface area contributed by atoms with Crippen LogP contribution in [0.3, 0.4) is 0 Å². The van der Waals surface area contributed by atoms with Gasteiger partial charge in [0.15, 0.2) is 9.76 Å². The molecule has 2 aliphatic heterocycles. The van der Waals surface area contributed by atoms with Crippen LogP contribution in [-0.2, 0) is 13.9 Å². The maximum Gasteiger partial charge on any atom is 0.162 e. The average molecular weight is 330 g/mol. The SMILES string of the molecule is CC(C)(C)O[SiH2]CCCN(CC1CCCO1)CC1CCCO1. The van der Waals surface area contributed by atoms with Gasteiger partial charge in [0, 0.05) is 31.9 Å². The zero-order chi connectivity index (χ0) is 15.8. The van der Waals surface area contributed by atoms with E-state index in [1.807, 2.05) is 0 Å². The predicted octanol–water partition coefficient (Wildman–Crippen LogP) is 2.35. The first kappa shape index (κ1) is 18.4. The molecule has 2 rings (SSSR count). The second-order valence-electron chi connectivity index (χ2n) is 7.70. The third-order valence-corrected chi connectivity index (χ3v) is 6.23. The van der Waals surface area contributed by atoms with Crippen molar-refractivity contribution < 1.29 is 13.9 Å². The molecule has 0 aromatic heterocycles. The Morgan fingerprint density at radius 1 is 1.05 bits per heavy atom. The summed E-state index contributed by atoms with van der Waals surface area (Å²) in [4.78, 5) is 2.58. The van der Waals surface area contributed by atoms with Crippen molar-refractivity contribution in [3.8, 4) is 0 Å². The number of hydrogen-bond donors (Lipinski definition) is 0. The molecule has 2 aliphatic rings. The molecular formula is C17H35NO3Si. The van der Waals surface area contributed by atoms with E-state index in [0.717, 1.165) is 26.3 Å². The lowest BCUT2D eigenvalue weighted by Gasteiger charge is -2.27. The van der Waals surface area contributed by atoms with Gasteiger partial charge in [0.25, 0.3) is 0 Å². The Hall–Kier alpha value is 0.0569. The van der Waals surface area contributed by atoms with E-state index in [0.29, 0.717) is 12.2 Å². The molecule has 5 heteroatoms. The molecule has 2 saturated heterocycles. The molecule has 0 N–H and O–H groups in total. The molecule has 0 saturated carbocycles. The van der Waals surface area contributed by atoms with Gasteiger partial charge in [-0.15, -0.1) is 0 Å². The Morgan fingerprint density at radius 3 is 2.09 bits per heavy atom. The van der Waals surface area contributed by atoms with E-state index in [1.165, 1.54) is 44.7 Å². The Balaban J connectivity index is 1.66. The lowest BCUT2D eigenvalue weighted by atomic mass is 10.2. The van der Waals surface area contributed by atoms with Crippen LogP contribution in [0.4, 0.5) is 0 Å².